The second-order valence-corrected chi connectivity index (χ2v) is 20.7. The highest BCUT2D eigenvalue weighted by molar-refractivity contribution is 7.90. The number of aryl methyl sites for hydroxylation is 1. The minimum Gasteiger partial charge on any atom is -0.493 e. The van der Waals surface area contributed by atoms with Gasteiger partial charge < -0.3 is 19.1 Å². The minimum atomic E-state index is -3.70. The fourth-order valence-corrected chi connectivity index (χ4v) is 11.2. The van der Waals surface area contributed by atoms with Crippen LogP contribution in [-0.4, -0.2) is 133 Å². The highest BCUT2D eigenvalue weighted by Crippen LogP contribution is 2.41. The first-order chi connectivity index (χ1) is 32.9. The van der Waals surface area contributed by atoms with Crippen molar-refractivity contribution < 1.29 is 50.6 Å². The highest BCUT2D eigenvalue weighted by Gasteiger charge is 2.49. The van der Waals surface area contributed by atoms with Crippen molar-refractivity contribution in [2.75, 3.05) is 69.9 Å². The lowest BCUT2D eigenvalue weighted by atomic mass is 9.77. The number of amides is 4. The monoisotopic (exact) mass is 967 g/mol. The Bertz CT molecular complexity index is 2960. The standard InChI is InChI=1S/C50H55F2N7O9S/c1-6-67-41-26-32(12-17-40(41)66-4)39(29-69(5,64)65)59-46(61)36-8-7-9-37(44(36)47(59)62)57-22-24-58(25-23-57)42-19-21-56(30-50(42,51)52)28-31-10-13-33(14-11-31)68-34-15-16-35-38(27-34)55(3)54-45(35)49(2)20-18-43(60)53-48(49)63/h7-17,26-27,39,42H,6,18-25,28-30H2,1-5H3,(H,53,60,63)/t39-,42+,49-/m1/s1. The largest absolute Gasteiger partial charge is 0.493 e. The third-order valence-electron chi connectivity index (χ3n) is 13.8. The molecule has 0 aliphatic carbocycles. The van der Waals surface area contributed by atoms with Crippen LogP contribution in [-0.2, 0) is 38.4 Å². The van der Waals surface area contributed by atoms with Crippen LogP contribution in [0.2, 0.25) is 0 Å². The van der Waals surface area contributed by atoms with Gasteiger partial charge >= 0.3 is 0 Å². The summed E-state index contributed by atoms with van der Waals surface area (Å²) in [6.45, 7) is 5.58. The number of sulfone groups is 1. The Morgan fingerprint density at radius 3 is 2.32 bits per heavy atom. The second-order valence-electron chi connectivity index (χ2n) is 18.5. The molecule has 0 unspecified atom stereocenters. The lowest BCUT2D eigenvalue weighted by Crippen LogP contribution is -2.61. The average Bonchev–Trinajstić information content (AvgIpc) is 3.78. The summed E-state index contributed by atoms with van der Waals surface area (Å²) in [6, 6.07) is 20.5. The van der Waals surface area contributed by atoms with E-state index in [0.717, 1.165) is 27.6 Å². The van der Waals surface area contributed by atoms with Crippen molar-refractivity contribution in [3.63, 3.8) is 0 Å². The van der Waals surface area contributed by atoms with E-state index in [1.54, 1.807) is 85.1 Å². The van der Waals surface area contributed by atoms with Crippen LogP contribution >= 0.6 is 0 Å². The number of piperazine rings is 1. The summed E-state index contributed by atoms with van der Waals surface area (Å²) in [5, 5.41) is 7.89. The molecule has 0 spiro atoms. The van der Waals surface area contributed by atoms with E-state index in [-0.39, 0.29) is 35.8 Å². The quantitative estimate of drug-likeness (QED) is 0.131. The number of fused-ring (bicyclic) bond motifs is 2. The van der Waals surface area contributed by atoms with Crippen molar-refractivity contribution in [2.24, 2.45) is 7.05 Å². The number of ether oxygens (including phenoxy) is 3. The molecule has 5 heterocycles. The molecule has 0 bridgehead atoms. The first-order valence-electron chi connectivity index (χ1n) is 23.0. The molecule has 1 N–H and O–H groups in total. The van der Waals surface area contributed by atoms with E-state index in [1.165, 1.54) is 7.11 Å². The number of benzene rings is 4. The van der Waals surface area contributed by atoms with Crippen LogP contribution in [0.25, 0.3) is 10.9 Å². The van der Waals surface area contributed by atoms with Gasteiger partial charge in [0.1, 0.15) is 21.3 Å². The normalized spacial score (nSPS) is 21.6. The number of methoxy groups -OCH3 is 1. The van der Waals surface area contributed by atoms with E-state index in [0.29, 0.717) is 92.2 Å². The van der Waals surface area contributed by atoms with Gasteiger partial charge in [0.05, 0.1) is 71.5 Å². The number of imide groups is 2. The molecule has 4 amide bonds. The summed E-state index contributed by atoms with van der Waals surface area (Å²) in [5.74, 6) is -3.53. The van der Waals surface area contributed by atoms with Gasteiger partial charge in [0.2, 0.25) is 11.8 Å². The summed E-state index contributed by atoms with van der Waals surface area (Å²) in [5.41, 5.74) is 2.47. The third-order valence-corrected chi connectivity index (χ3v) is 14.7. The number of halogens is 2. The molecule has 1 aromatic heterocycles. The predicted molar refractivity (Wildman–Crippen MR) is 253 cm³/mol. The van der Waals surface area contributed by atoms with Crippen LogP contribution < -0.4 is 24.4 Å². The molecular weight excluding hydrogens is 913 g/mol. The number of aromatic nitrogens is 2. The molecule has 9 rings (SSSR count). The summed E-state index contributed by atoms with van der Waals surface area (Å²) in [6.07, 6.45) is 1.91. The van der Waals surface area contributed by atoms with Gasteiger partial charge in [0.15, 0.2) is 11.5 Å². The van der Waals surface area contributed by atoms with Crippen molar-refractivity contribution in [2.45, 2.75) is 63.1 Å². The van der Waals surface area contributed by atoms with Gasteiger partial charge in [-0.25, -0.2) is 17.2 Å². The molecule has 16 nitrogen and oxygen atoms in total. The lowest BCUT2D eigenvalue weighted by molar-refractivity contribution is -0.137. The van der Waals surface area contributed by atoms with Gasteiger partial charge in [0.25, 0.3) is 17.7 Å². The number of nitrogens with zero attached hydrogens (tertiary/aromatic N) is 6. The van der Waals surface area contributed by atoms with E-state index in [9.17, 15) is 27.6 Å². The first kappa shape index (κ1) is 47.6. The fraction of sp³-hybridized carbons (Fsp3) is 0.420. The molecule has 4 aromatic carbocycles. The SMILES string of the molecule is CCOc1cc([C@@H](CS(C)(=O)=O)N2C(=O)c3cccc(N4CCN([C@H]5CCN(Cc6ccc(Oc7ccc8c([C@@]9(C)CCC(=O)NC9=O)nn(C)c8c7)cc6)CC5(F)F)CC4)c3C2=O)ccc1OC. The van der Waals surface area contributed by atoms with E-state index in [4.69, 9.17) is 14.2 Å². The Morgan fingerprint density at radius 2 is 1.64 bits per heavy atom. The molecule has 0 saturated carbocycles. The van der Waals surface area contributed by atoms with Gasteiger partial charge in [-0.3, -0.25) is 43.9 Å². The van der Waals surface area contributed by atoms with Crippen molar-refractivity contribution in [3.05, 3.63) is 107 Å². The zero-order chi connectivity index (χ0) is 49.0. The van der Waals surface area contributed by atoms with Crippen molar-refractivity contribution in [1.29, 1.82) is 0 Å². The summed E-state index contributed by atoms with van der Waals surface area (Å²) in [4.78, 5) is 59.6. The van der Waals surface area contributed by atoms with Crippen LogP contribution in [0, 0.1) is 0 Å². The number of hydrogen-bond donors (Lipinski definition) is 1. The van der Waals surface area contributed by atoms with E-state index >= 15 is 8.78 Å². The molecule has 19 heteroatoms. The number of alkyl halides is 2. The van der Waals surface area contributed by atoms with E-state index in [1.807, 2.05) is 34.1 Å². The van der Waals surface area contributed by atoms with E-state index in [2.05, 4.69) is 10.4 Å². The lowest BCUT2D eigenvalue weighted by Gasteiger charge is -2.46. The maximum absolute atomic E-state index is 16.1. The number of hydrogen-bond acceptors (Lipinski definition) is 13. The second kappa shape index (κ2) is 18.5. The van der Waals surface area contributed by atoms with Gasteiger partial charge in [-0.1, -0.05) is 24.3 Å². The van der Waals surface area contributed by atoms with Crippen LogP contribution in [0.3, 0.4) is 0 Å². The zero-order valence-corrected chi connectivity index (χ0v) is 40.0. The number of carbonyl (C=O) groups is 4. The Morgan fingerprint density at radius 1 is 0.899 bits per heavy atom. The molecule has 4 aliphatic rings. The van der Waals surface area contributed by atoms with Crippen molar-refractivity contribution in [3.8, 4) is 23.0 Å². The van der Waals surface area contributed by atoms with Crippen LogP contribution in [0.15, 0.2) is 78.9 Å². The summed E-state index contributed by atoms with van der Waals surface area (Å²) < 4.78 is 76.7. The number of nitrogens with one attached hydrogen (secondary N) is 1. The maximum Gasteiger partial charge on any atom is 0.275 e. The highest BCUT2D eigenvalue weighted by atomic mass is 32.2. The molecule has 3 fully saturated rings. The molecule has 69 heavy (non-hydrogen) atoms. The Hall–Kier alpha value is -6.44. The molecule has 0 radical (unpaired) electrons. The molecular formula is C50H55F2N7O9S. The topological polar surface area (TPSA) is 173 Å². The molecule has 3 saturated heterocycles. The van der Waals surface area contributed by atoms with Gasteiger partial charge in [-0.05, 0) is 86.3 Å². The number of anilines is 1. The number of rotatable bonds is 14. The first-order valence-corrected chi connectivity index (χ1v) is 25.1. The fourth-order valence-electron chi connectivity index (χ4n) is 10.3. The Balaban J connectivity index is 0.818. The molecule has 4 aliphatic heterocycles. The van der Waals surface area contributed by atoms with Crippen LogP contribution in [0.5, 0.6) is 23.0 Å². The average molecular weight is 968 g/mol. The van der Waals surface area contributed by atoms with Gasteiger partial charge in [0, 0.05) is 70.4 Å². The third kappa shape index (κ3) is 9.26. The zero-order valence-electron chi connectivity index (χ0n) is 39.2. The molecule has 5 aromatic rings. The summed E-state index contributed by atoms with van der Waals surface area (Å²) in [7, 11) is -0.435. The van der Waals surface area contributed by atoms with Crippen molar-refractivity contribution >= 4 is 50.1 Å². The number of carbonyl (C=O) groups excluding carboxylic acids is 4. The van der Waals surface area contributed by atoms with Gasteiger partial charge in [-0.15, -0.1) is 0 Å². The van der Waals surface area contributed by atoms with Crippen molar-refractivity contribution in [1.82, 2.24) is 29.8 Å². The van der Waals surface area contributed by atoms with Gasteiger partial charge in [-0.2, -0.15) is 5.10 Å². The number of likely N-dealkylation sites (tertiary alicyclic amines) is 1. The van der Waals surface area contributed by atoms with E-state index < -0.39 is 57.4 Å². The summed E-state index contributed by atoms with van der Waals surface area (Å²) >= 11 is 0. The predicted octanol–water partition coefficient (Wildman–Crippen LogP) is 5.88. The Labute approximate surface area is 399 Å². The van der Waals surface area contributed by atoms with Crippen LogP contribution in [0.4, 0.5) is 14.5 Å². The smallest absolute Gasteiger partial charge is 0.275 e. The minimum absolute atomic E-state index is 0.152. The Kier molecular flexibility index (Phi) is 12.7. The maximum atomic E-state index is 16.1. The number of piperidine rings is 2. The van der Waals surface area contributed by atoms with Crippen LogP contribution in [0.1, 0.15) is 76.7 Å². The molecule has 364 valence electrons. The molecule has 3 atom stereocenters.